The van der Waals surface area contributed by atoms with Gasteiger partial charge in [-0.3, -0.25) is 0 Å². The summed E-state index contributed by atoms with van der Waals surface area (Å²) in [6.07, 6.45) is 0.783. The van der Waals surface area contributed by atoms with Crippen LogP contribution in [0, 0.1) is 6.92 Å². The van der Waals surface area contributed by atoms with Crippen molar-refractivity contribution in [3.8, 4) is 0 Å². The van der Waals surface area contributed by atoms with Gasteiger partial charge in [0.2, 0.25) is 10.0 Å². The van der Waals surface area contributed by atoms with Crippen LogP contribution in [0.4, 0.5) is 5.69 Å². The highest BCUT2D eigenvalue weighted by molar-refractivity contribution is 9.10. The number of nitrogen functional groups attached to an aromatic ring is 1. The van der Waals surface area contributed by atoms with Gasteiger partial charge >= 0.3 is 0 Å². The zero-order valence-electron chi connectivity index (χ0n) is 12.4. The Bertz CT molecular complexity index is 573. The van der Waals surface area contributed by atoms with E-state index < -0.39 is 10.0 Å². The summed E-state index contributed by atoms with van der Waals surface area (Å²) in [5.41, 5.74) is 6.90. The Morgan fingerprint density at radius 1 is 1.20 bits per heavy atom. The highest BCUT2D eigenvalue weighted by Crippen LogP contribution is 2.28. The van der Waals surface area contributed by atoms with Crippen LogP contribution < -0.4 is 5.73 Å². The van der Waals surface area contributed by atoms with E-state index in [0.717, 1.165) is 13.0 Å². The lowest BCUT2D eigenvalue weighted by molar-refractivity contribution is 0.370. The van der Waals surface area contributed by atoms with Gasteiger partial charge in [0.25, 0.3) is 0 Å². The van der Waals surface area contributed by atoms with E-state index in [4.69, 9.17) is 5.73 Å². The quantitative estimate of drug-likeness (QED) is 0.784. The van der Waals surface area contributed by atoms with Crippen LogP contribution in [0.1, 0.15) is 12.0 Å². The van der Waals surface area contributed by atoms with Gasteiger partial charge in [-0.2, -0.15) is 0 Å². The number of anilines is 1. The number of hydrogen-bond acceptors (Lipinski definition) is 4. The molecule has 0 saturated heterocycles. The molecule has 0 bridgehead atoms. The number of rotatable bonds is 6. The molecule has 0 aliphatic rings. The van der Waals surface area contributed by atoms with Crippen molar-refractivity contribution in [3.05, 3.63) is 22.2 Å². The topological polar surface area (TPSA) is 66.6 Å². The number of benzene rings is 1. The molecule has 0 aromatic heterocycles. The fourth-order valence-corrected chi connectivity index (χ4v) is 3.95. The van der Waals surface area contributed by atoms with Gasteiger partial charge in [-0.15, -0.1) is 0 Å². The lowest BCUT2D eigenvalue weighted by Crippen LogP contribution is -2.30. The highest BCUT2D eigenvalue weighted by atomic mass is 79.9. The maximum atomic E-state index is 12.6. The van der Waals surface area contributed by atoms with Gasteiger partial charge in [0, 0.05) is 23.8 Å². The molecule has 0 spiro atoms. The van der Waals surface area contributed by atoms with Crippen LogP contribution in [0.25, 0.3) is 0 Å². The molecule has 7 heteroatoms. The first kappa shape index (κ1) is 17.4. The van der Waals surface area contributed by atoms with E-state index in [1.807, 2.05) is 19.0 Å². The van der Waals surface area contributed by atoms with Gasteiger partial charge in [0.15, 0.2) is 0 Å². The first-order valence-corrected chi connectivity index (χ1v) is 8.56. The van der Waals surface area contributed by atoms with Crippen LogP contribution in [0.3, 0.4) is 0 Å². The van der Waals surface area contributed by atoms with Gasteiger partial charge < -0.3 is 10.6 Å². The Morgan fingerprint density at radius 2 is 1.80 bits per heavy atom. The number of nitrogens with two attached hydrogens (primary N) is 1. The summed E-state index contributed by atoms with van der Waals surface area (Å²) in [6, 6.07) is 3.31. The minimum absolute atomic E-state index is 0.261. The molecule has 2 N–H and O–H groups in total. The fourth-order valence-electron chi connectivity index (χ4n) is 1.84. The van der Waals surface area contributed by atoms with Gasteiger partial charge in [-0.05, 0) is 51.7 Å². The van der Waals surface area contributed by atoms with Crippen LogP contribution in [-0.4, -0.2) is 51.9 Å². The molecule has 0 amide bonds. The van der Waals surface area contributed by atoms with Crippen molar-refractivity contribution in [2.75, 3.05) is 40.0 Å². The van der Waals surface area contributed by atoms with E-state index in [9.17, 15) is 8.42 Å². The molecule has 20 heavy (non-hydrogen) atoms. The molecule has 1 rings (SSSR count). The van der Waals surface area contributed by atoms with Crippen LogP contribution in [0.5, 0.6) is 0 Å². The number of nitrogens with zero attached hydrogens (tertiary/aromatic N) is 2. The van der Waals surface area contributed by atoms with Gasteiger partial charge in [-0.1, -0.05) is 15.9 Å². The Morgan fingerprint density at radius 3 is 2.35 bits per heavy atom. The second-order valence-corrected chi connectivity index (χ2v) is 8.03. The molecule has 0 aliphatic heterocycles. The first-order valence-electron chi connectivity index (χ1n) is 6.33. The number of halogens is 1. The lowest BCUT2D eigenvalue weighted by atomic mass is 10.2. The molecule has 0 heterocycles. The molecule has 0 unspecified atom stereocenters. The van der Waals surface area contributed by atoms with Crippen LogP contribution in [0.15, 0.2) is 21.5 Å². The SMILES string of the molecule is Cc1c(N)cc(Br)cc1S(=O)(=O)N(C)CCCN(C)C. The summed E-state index contributed by atoms with van der Waals surface area (Å²) in [7, 11) is 2.02. The van der Waals surface area contributed by atoms with Crippen molar-refractivity contribution in [2.24, 2.45) is 0 Å². The van der Waals surface area contributed by atoms with E-state index in [-0.39, 0.29) is 4.90 Å². The Kier molecular flexibility index (Phi) is 6.00. The van der Waals surface area contributed by atoms with E-state index in [1.54, 1.807) is 26.1 Å². The average Bonchev–Trinajstić information content (AvgIpc) is 2.32. The summed E-state index contributed by atoms with van der Waals surface area (Å²) in [5, 5.41) is 0. The molecule has 0 fully saturated rings. The molecule has 114 valence electrons. The minimum Gasteiger partial charge on any atom is -0.398 e. The Hall–Kier alpha value is -0.630. The Balaban J connectivity index is 2.99. The van der Waals surface area contributed by atoms with Gasteiger partial charge in [0.1, 0.15) is 0 Å². The summed E-state index contributed by atoms with van der Waals surface area (Å²) < 4.78 is 27.2. The Labute approximate surface area is 129 Å². The van der Waals surface area contributed by atoms with E-state index >= 15 is 0 Å². The van der Waals surface area contributed by atoms with Crippen molar-refractivity contribution in [1.29, 1.82) is 0 Å². The van der Waals surface area contributed by atoms with Crippen molar-refractivity contribution in [2.45, 2.75) is 18.2 Å². The van der Waals surface area contributed by atoms with E-state index in [2.05, 4.69) is 15.9 Å². The predicted octanol–water partition coefficient (Wildman–Crippen LogP) is 1.91. The fraction of sp³-hybridized carbons (Fsp3) is 0.538. The molecule has 1 aromatic rings. The van der Waals surface area contributed by atoms with Crippen molar-refractivity contribution in [1.82, 2.24) is 9.21 Å². The molecular weight excluding hydrogens is 342 g/mol. The predicted molar refractivity (Wildman–Crippen MR) is 86.3 cm³/mol. The largest absolute Gasteiger partial charge is 0.398 e. The van der Waals surface area contributed by atoms with Crippen LogP contribution in [-0.2, 0) is 10.0 Å². The molecule has 5 nitrogen and oxygen atoms in total. The lowest BCUT2D eigenvalue weighted by Gasteiger charge is -2.20. The van der Waals surface area contributed by atoms with Crippen molar-refractivity contribution < 1.29 is 8.42 Å². The molecule has 1 aromatic carbocycles. The zero-order chi connectivity index (χ0) is 15.5. The van der Waals surface area contributed by atoms with Crippen LogP contribution in [0.2, 0.25) is 0 Å². The maximum absolute atomic E-state index is 12.6. The number of hydrogen-bond donors (Lipinski definition) is 1. The molecule has 0 aliphatic carbocycles. The minimum atomic E-state index is -3.51. The smallest absolute Gasteiger partial charge is 0.243 e. The second-order valence-electron chi connectivity index (χ2n) is 5.10. The van der Waals surface area contributed by atoms with Crippen molar-refractivity contribution >= 4 is 31.6 Å². The van der Waals surface area contributed by atoms with E-state index in [1.165, 1.54) is 4.31 Å². The van der Waals surface area contributed by atoms with Gasteiger partial charge in [-0.25, -0.2) is 12.7 Å². The molecular formula is C13H22BrN3O2S. The van der Waals surface area contributed by atoms with Gasteiger partial charge in [0.05, 0.1) is 4.90 Å². The number of sulfonamides is 1. The molecule has 0 atom stereocenters. The van der Waals surface area contributed by atoms with Crippen molar-refractivity contribution in [3.63, 3.8) is 0 Å². The third-order valence-corrected chi connectivity index (χ3v) is 5.57. The third-order valence-electron chi connectivity index (χ3n) is 3.13. The molecule has 0 radical (unpaired) electrons. The summed E-state index contributed by atoms with van der Waals surface area (Å²) in [4.78, 5) is 2.29. The first-order chi connectivity index (χ1) is 9.16. The summed E-state index contributed by atoms with van der Waals surface area (Å²) in [5.74, 6) is 0. The van der Waals surface area contributed by atoms with E-state index in [0.29, 0.717) is 22.3 Å². The zero-order valence-corrected chi connectivity index (χ0v) is 14.8. The normalized spacial score (nSPS) is 12.3. The van der Waals surface area contributed by atoms with Crippen LogP contribution >= 0.6 is 15.9 Å². The highest BCUT2D eigenvalue weighted by Gasteiger charge is 2.23. The second kappa shape index (κ2) is 6.89. The molecule has 0 saturated carbocycles. The third kappa shape index (κ3) is 4.18. The maximum Gasteiger partial charge on any atom is 0.243 e. The monoisotopic (exact) mass is 363 g/mol. The standard InChI is InChI=1S/C13H22BrN3O2S/c1-10-12(15)8-11(14)9-13(10)20(18,19)17(4)7-5-6-16(2)3/h8-9H,5-7,15H2,1-4H3. The summed E-state index contributed by atoms with van der Waals surface area (Å²) >= 11 is 3.29. The summed E-state index contributed by atoms with van der Waals surface area (Å²) in [6.45, 7) is 3.05. The average molecular weight is 364 g/mol.